The van der Waals surface area contributed by atoms with Crippen LogP contribution in [0.5, 0.6) is 0 Å². The fraction of sp³-hybridized carbons (Fsp3) is 1.00. The van der Waals surface area contributed by atoms with Gasteiger partial charge in [0.2, 0.25) is 0 Å². The van der Waals surface area contributed by atoms with Crippen molar-refractivity contribution in [3.05, 3.63) is 0 Å². The highest BCUT2D eigenvalue weighted by Crippen LogP contribution is 2.25. The molecule has 2 aliphatic rings. The largest absolute Gasteiger partial charge is 0.377 e. The average Bonchev–Trinajstić information content (AvgIpc) is 2.67. The van der Waals surface area contributed by atoms with E-state index in [1.807, 2.05) is 0 Å². The van der Waals surface area contributed by atoms with Crippen molar-refractivity contribution in [1.29, 1.82) is 0 Å². The number of nitrogens with one attached hydrogen (secondary N) is 1. The van der Waals surface area contributed by atoms with Gasteiger partial charge in [-0.1, -0.05) is 19.8 Å². The maximum absolute atomic E-state index is 5.97. The lowest BCUT2D eigenvalue weighted by Gasteiger charge is -2.27. The molecule has 14 heavy (non-hydrogen) atoms. The van der Waals surface area contributed by atoms with Crippen LogP contribution in [0.25, 0.3) is 0 Å². The molecule has 1 saturated carbocycles. The normalized spacial score (nSPS) is 38.8. The topological polar surface area (TPSA) is 21.3 Å². The summed E-state index contributed by atoms with van der Waals surface area (Å²) in [6.07, 6.45) is 8.54. The van der Waals surface area contributed by atoms with E-state index in [1.165, 1.54) is 45.1 Å². The Kier molecular flexibility index (Phi) is 3.82. The van der Waals surface area contributed by atoms with E-state index in [1.54, 1.807) is 0 Å². The minimum atomic E-state index is 0.557. The molecule has 82 valence electrons. The summed E-state index contributed by atoms with van der Waals surface area (Å²) in [6.45, 7) is 4.48. The molecule has 1 N–H and O–H groups in total. The first-order valence-corrected chi connectivity index (χ1v) is 6.19. The van der Waals surface area contributed by atoms with Crippen LogP contribution in [-0.2, 0) is 4.74 Å². The summed E-state index contributed by atoms with van der Waals surface area (Å²) in [7, 11) is 0. The summed E-state index contributed by atoms with van der Waals surface area (Å²) < 4.78 is 5.97. The van der Waals surface area contributed by atoms with Crippen LogP contribution in [0.1, 0.15) is 45.4 Å². The summed E-state index contributed by atoms with van der Waals surface area (Å²) in [5.41, 5.74) is 0. The van der Waals surface area contributed by atoms with E-state index in [0.29, 0.717) is 12.1 Å². The predicted molar refractivity (Wildman–Crippen MR) is 58.4 cm³/mol. The molecule has 2 nitrogen and oxygen atoms in total. The van der Waals surface area contributed by atoms with E-state index in [0.717, 1.165) is 12.5 Å². The molecular formula is C12H23NO. The zero-order valence-electron chi connectivity index (χ0n) is 9.30. The molecule has 3 atom stereocenters. The lowest BCUT2D eigenvalue weighted by molar-refractivity contribution is 0.00656. The molecule has 0 aromatic carbocycles. The zero-order chi connectivity index (χ0) is 9.80. The SMILES string of the molecule is CC1CCCC(OC[C@@H]2CCCN2)C1. The van der Waals surface area contributed by atoms with Gasteiger partial charge in [0.05, 0.1) is 12.7 Å². The van der Waals surface area contributed by atoms with E-state index in [9.17, 15) is 0 Å². The number of hydrogen-bond acceptors (Lipinski definition) is 2. The molecule has 2 heteroatoms. The second kappa shape index (κ2) is 5.13. The van der Waals surface area contributed by atoms with Crippen molar-refractivity contribution in [2.45, 2.75) is 57.6 Å². The first-order valence-electron chi connectivity index (χ1n) is 6.19. The van der Waals surface area contributed by atoms with Crippen molar-refractivity contribution in [2.24, 2.45) is 5.92 Å². The van der Waals surface area contributed by atoms with Crippen LogP contribution in [0.2, 0.25) is 0 Å². The van der Waals surface area contributed by atoms with Crippen LogP contribution >= 0.6 is 0 Å². The Morgan fingerprint density at radius 1 is 1.21 bits per heavy atom. The molecule has 1 heterocycles. The van der Waals surface area contributed by atoms with Crippen molar-refractivity contribution in [1.82, 2.24) is 5.32 Å². The van der Waals surface area contributed by atoms with Gasteiger partial charge in [0.15, 0.2) is 0 Å². The van der Waals surface area contributed by atoms with Crippen LogP contribution < -0.4 is 5.32 Å². The number of hydrogen-bond donors (Lipinski definition) is 1. The molecule has 0 aromatic heterocycles. The molecule has 0 spiro atoms. The second-order valence-corrected chi connectivity index (χ2v) is 5.02. The van der Waals surface area contributed by atoms with Gasteiger partial charge in [-0.15, -0.1) is 0 Å². The molecule has 2 fully saturated rings. The molecule has 2 unspecified atom stereocenters. The standard InChI is InChI=1S/C12H23NO/c1-10-4-2-6-12(8-10)14-9-11-5-3-7-13-11/h10-13H,2-9H2,1H3/t10?,11-,12?/m0/s1. The Balaban J connectivity index is 1.64. The lowest BCUT2D eigenvalue weighted by atomic mass is 9.89. The fourth-order valence-corrected chi connectivity index (χ4v) is 2.68. The minimum Gasteiger partial charge on any atom is -0.377 e. The van der Waals surface area contributed by atoms with E-state index >= 15 is 0 Å². The van der Waals surface area contributed by atoms with E-state index in [2.05, 4.69) is 12.2 Å². The van der Waals surface area contributed by atoms with Crippen LogP contribution in [0.15, 0.2) is 0 Å². The molecule has 0 aromatic rings. The van der Waals surface area contributed by atoms with E-state index in [-0.39, 0.29) is 0 Å². The Hall–Kier alpha value is -0.0800. The van der Waals surface area contributed by atoms with Crippen molar-refractivity contribution in [3.8, 4) is 0 Å². The fourth-order valence-electron chi connectivity index (χ4n) is 2.68. The van der Waals surface area contributed by atoms with Gasteiger partial charge < -0.3 is 10.1 Å². The van der Waals surface area contributed by atoms with Gasteiger partial charge in [-0.3, -0.25) is 0 Å². The first kappa shape index (κ1) is 10.4. The quantitative estimate of drug-likeness (QED) is 0.750. The molecule has 1 saturated heterocycles. The van der Waals surface area contributed by atoms with Gasteiger partial charge in [0.25, 0.3) is 0 Å². The van der Waals surface area contributed by atoms with Gasteiger partial charge in [-0.2, -0.15) is 0 Å². The van der Waals surface area contributed by atoms with Gasteiger partial charge in [0, 0.05) is 6.04 Å². The summed E-state index contributed by atoms with van der Waals surface area (Å²) >= 11 is 0. The Labute approximate surface area is 87.4 Å². The highest BCUT2D eigenvalue weighted by molar-refractivity contribution is 4.76. The molecule has 1 aliphatic carbocycles. The smallest absolute Gasteiger partial charge is 0.0623 e. The zero-order valence-corrected chi connectivity index (χ0v) is 9.30. The molecule has 0 radical (unpaired) electrons. The van der Waals surface area contributed by atoms with Crippen LogP contribution in [0.4, 0.5) is 0 Å². The Morgan fingerprint density at radius 3 is 2.86 bits per heavy atom. The van der Waals surface area contributed by atoms with Crippen LogP contribution in [0.3, 0.4) is 0 Å². The van der Waals surface area contributed by atoms with E-state index < -0.39 is 0 Å². The third-order valence-corrected chi connectivity index (χ3v) is 3.58. The maximum atomic E-state index is 5.97. The third-order valence-electron chi connectivity index (χ3n) is 3.58. The van der Waals surface area contributed by atoms with Crippen LogP contribution in [0, 0.1) is 5.92 Å². The molecule has 0 bridgehead atoms. The lowest BCUT2D eigenvalue weighted by Crippen LogP contribution is -2.31. The average molecular weight is 197 g/mol. The summed E-state index contributed by atoms with van der Waals surface area (Å²) in [6, 6.07) is 0.646. The summed E-state index contributed by atoms with van der Waals surface area (Å²) in [5.74, 6) is 0.880. The monoisotopic (exact) mass is 197 g/mol. The number of rotatable bonds is 3. The molecule has 0 amide bonds. The minimum absolute atomic E-state index is 0.557. The van der Waals surface area contributed by atoms with Gasteiger partial charge in [-0.25, -0.2) is 0 Å². The molecule has 1 aliphatic heterocycles. The Morgan fingerprint density at radius 2 is 2.14 bits per heavy atom. The first-order chi connectivity index (χ1) is 6.84. The molecule has 2 rings (SSSR count). The van der Waals surface area contributed by atoms with Gasteiger partial charge in [-0.05, 0) is 38.1 Å². The summed E-state index contributed by atoms with van der Waals surface area (Å²) in [5, 5.41) is 3.48. The van der Waals surface area contributed by atoms with Gasteiger partial charge >= 0.3 is 0 Å². The summed E-state index contributed by atoms with van der Waals surface area (Å²) in [4.78, 5) is 0. The highest BCUT2D eigenvalue weighted by Gasteiger charge is 2.21. The Bertz CT molecular complexity index is 166. The van der Waals surface area contributed by atoms with Crippen LogP contribution in [-0.4, -0.2) is 25.3 Å². The third kappa shape index (κ3) is 2.96. The second-order valence-electron chi connectivity index (χ2n) is 5.02. The molecular weight excluding hydrogens is 174 g/mol. The van der Waals surface area contributed by atoms with Crippen molar-refractivity contribution < 1.29 is 4.74 Å². The van der Waals surface area contributed by atoms with Crippen molar-refractivity contribution >= 4 is 0 Å². The predicted octanol–water partition coefficient (Wildman–Crippen LogP) is 2.33. The maximum Gasteiger partial charge on any atom is 0.0623 e. The van der Waals surface area contributed by atoms with Crippen molar-refractivity contribution in [2.75, 3.05) is 13.2 Å². The van der Waals surface area contributed by atoms with Crippen molar-refractivity contribution in [3.63, 3.8) is 0 Å². The van der Waals surface area contributed by atoms with Gasteiger partial charge in [0.1, 0.15) is 0 Å². The van der Waals surface area contributed by atoms with E-state index in [4.69, 9.17) is 4.74 Å². The highest BCUT2D eigenvalue weighted by atomic mass is 16.5. The number of ether oxygens (including phenoxy) is 1.